The number of hydrogen-bond acceptors (Lipinski definition) is 2. The highest BCUT2D eigenvalue weighted by Gasteiger charge is 2.32. The van der Waals surface area contributed by atoms with Crippen LogP contribution in [0.4, 0.5) is 4.39 Å². The quantitative estimate of drug-likeness (QED) is 0.629. The highest BCUT2D eigenvalue weighted by Crippen LogP contribution is 2.40. The fourth-order valence-electron chi connectivity index (χ4n) is 1.40. The minimum Gasteiger partial charge on any atom is -0.292 e. The van der Waals surface area contributed by atoms with Gasteiger partial charge in [0, 0.05) is 11.3 Å². The van der Waals surface area contributed by atoms with Crippen LogP contribution in [0, 0.1) is 5.41 Å². The molecule has 68 valence electrons. The first-order valence-electron chi connectivity index (χ1n) is 3.92. The first kappa shape index (κ1) is 9.78. The van der Waals surface area contributed by atoms with E-state index < -0.39 is 5.83 Å². The van der Waals surface area contributed by atoms with E-state index in [4.69, 9.17) is 0 Å². The maximum atomic E-state index is 13.1. The maximum Gasteiger partial charge on any atom is 0.192 e. The van der Waals surface area contributed by atoms with Crippen LogP contribution in [0.25, 0.3) is 0 Å². The van der Waals surface area contributed by atoms with Crippen molar-refractivity contribution in [2.24, 2.45) is 5.41 Å². The van der Waals surface area contributed by atoms with Gasteiger partial charge in [0.2, 0.25) is 0 Å². The molecule has 0 heterocycles. The topological polar surface area (TPSA) is 17.1 Å². The molecule has 1 aliphatic rings. The van der Waals surface area contributed by atoms with Crippen LogP contribution >= 0.6 is 11.8 Å². The normalized spacial score (nSPS) is 23.2. The molecule has 3 heteroatoms. The molecule has 0 atom stereocenters. The molecular weight excluding hydrogens is 175 g/mol. The zero-order valence-electron chi connectivity index (χ0n) is 7.61. The summed E-state index contributed by atoms with van der Waals surface area (Å²) in [6.07, 6.45) is 2.83. The molecule has 0 unspecified atom stereocenters. The van der Waals surface area contributed by atoms with E-state index >= 15 is 0 Å². The van der Waals surface area contributed by atoms with E-state index in [9.17, 15) is 9.18 Å². The third-order valence-corrected chi connectivity index (χ3v) is 2.83. The Balaban J connectivity index is 2.95. The molecule has 0 radical (unpaired) electrons. The van der Waals surface area contributed by atoms with Crippen LogP contribution in [-0.2, 0) is 4.79 Å². The monoisotopic (exact) mass is 188 g/mol. The van der Waals surface area contributed by atoms with Crippen molar-refractivity contribution in [3.8, 4) is 0 Å². The Morgan fingerprint density at radius 1 is 1.42 bits per heavy atom. The van der Waals surface area contributed by atoms with Gasteiger partial charge in [0.05, 0.1) is 0 Å². The number of carbonyl (C=O) groups is 1. The summed E-state index contributed by atoms with van der Waals surface area (Å²) in [7, 11) is 0. The van der Waals surface area contributed by atoms with Gasteiger partial charge in [0.25, 0.3) is 0 Å². The molecule has 12 heavy (non-hydrogen) atoms. The van der Waals surface area contributed by atoms with Crippen molar-refractivity contribution in [1.29, 1.82) is 0 Å². The van der Waals surface area contributed by atoms with Crippen LogP contribution in [0.1, 0.15) is 26.7 Å². The summed E-state index contributed by atoms with van der Waals surface area (Å²) in [6, 6.07) is 0. The lowest BCUT2D eigenvalue weighted by Gasteiger charge is -2.28. The van der Waals surface area contributed by atoms with Crippen LogP contribution in [-0.4, -0.2) is 12.0 Å². The van der Waals surface area contributed by atoms with Crippen molar-refractivity contribution < 1.29 is 9.18 Å². The van der Waals surface area contributed by atoms with Gasteiger partial charge in [-0.25, -0.2) is 4.39 Å². The van der Waals surface area contributed by atoms with Gasteiger partial charge in [-0.2, -0.15) is 0 Å². The van der Waals surface area contributed by atoms with Crippen molar-refractivity contribution in [2.45, 2.75) is 26.7 Å². The Morgan fingerprint density at radius 2 is 2.00 bits per heavy atom. The highest BCUT2D eigenvalue weighted by atomic mass is 32.2. The van der Waals surface area contributed by atoms with Crippen molar-refractivity contribution in [1.82, 2.24) is 0 Å². The number of ketones is 1. The van der Waals surface area contributed by atoms with Crippen LogP contribution in [0.2, 0.25) is 0 Å². The van der Waals surface area contributed by atoms with Crippen molar-refractivity contribution in [2.75, 3.05) is 6.26 Å². The lowest BCUT2D eigenvalue weighted by molar-refractivity contribution is -0.119. The van der Waals surface area contributed by atoms with Gasteiger partial charge in [0.1, 0.15) is 0 Å². The Morgan fingerprint density at radius 3 is 2.50 bits per heavy atom. The van der Waals surface area contributed by atoms with E-state index in [2.05, 4.69) is 0 Å². The molecule has 0 N–H and O–H groups in total. The number of carbonyl (C=O) groups excluding carboxylic acids is 1. The molecule has 0 aromatic carbocycles. The van der Waals surface area contributed by atoms with Gasteiger partial charge in [-0.3, -0.25) is 4.79 Å². The molecule has 0 spiro atoms. The molecule has 0 fully saturated rings. The minimum absolute atomic E-state index is 0.0645. The molecule has 0 saturated heterocycles. The average Bonchev–Trinajstić information content (AvgIpc) is 1.96. The summed E-state index contributed by atoms with van der Waals surface area (Å²) in [6.45, 7) is 3.99. The van der Waals surface area contributed by atoms with Crippen molar-refractivity contribution in [3.05, 3.63) is 10.7 Å². The molecule has 1 nitrogen and oxygen atoms in total. The summed E-state index contributed by atoms with van der Waals surface area (Å²) in [5, 5.41) is 0. The average molecular weight is 188 g/mol. The Hall–Kier alpha value is -0.310. The second kappa shape index (κ2) is 3.21. The summed E-state index contributed by atoms with van der Waals surface area (Å²) >= 11 is 1.34. The van der Waals surface area contributed by atoms with Gasteiger partial charge in [-0.05, 0) is 18.1 Å². The third kappa shape index (κ3) is 1.89. The smallest absolute Gasteiger partial charge is 0.192 e. The number of hydrogen-bond donors (Lipinski definition) is 0. The second-order valence-corrected chi connectivity index (χ2v) is 4.78. The largest absolute Gasteiger partial charge is 0.292 e. The van der Waals surface area contributed by atoms with E-state index in [0.29, 0.717) is 17.7 Å². The second-order valence-electron chi connectivity index (χ2n) is 3.88. The first-order valence-corrected chi connectivity index (χ1v) is 5.14. The number of rotatable bonds is 1. The highest BCUT2D eigenvalue weighted by molar-refractivity contribution is 8.02. The number of halogens is 1. The molecule has 0 aromatic heterocycles. The fraction of sp³-hybridized carbons (Fsp3) is 0.667. The Labute approximate surface area is 76.4 Å². The number of Topliss-reactive ketones (excluding diaryl/α,β-unsaturated/α-hetero) is 1. The van der Waals surface area contributed by atoms with Gasteiger partial charge in [-0.1, -0.05) is 13.8 Å². The predicted octanol–water partition coefficient (Wildman–Crippen LogP) is 2.92. The predicted molar refractivity (Wildman–Crippen MR) is 49.7 cm³/mol. The molecular formula is C9H13FOS. The van der Waals surface area contributed by atoms with Crippen LogP contribution in [0.3, 0.4) is 0 Å². The Kier molecular flexibility index (Phi) is 2.61. The molecule has 0 amide bonds. The van der Waals surface area contributed by atoms with Crippen molar-refractivity contribution in [3.63, 3.8) is 0 Å². The van der Waals surface area contributed by atoms with Crippen molar-refractivity contribution >= 4 is 17.5 Å². The van der Waals surface area contributed by atoms with Gasteiger partial charge >= 0.3 is 0 Å². The SMILES string of the molecule is CSC1=C(F)C(=O)CC(C)(C)C1. The van der Waals surface area contributed by atoms with Gasteiger partial charge in [-0.15, -0.1) is 11.8 Å². The fourth-order valence-corrected chi connectivity index (χ4v) is 2.23. The van der Waals surface area contributed by atoms with E-state index in [1.807, 2.05) is 20.1 Å². The maximum absolute atomic E-state index is 13.1. The van der Waals surface area contributed by atoms with Gasteiger partial charge < -0.3 is 0 Å². The number of thioether (sulfide) groups is 1. The van der Waals surface area contributed by atoms with Crippen LogP contribution in [0.5, 0.6) is 0 Å². The Bertz CT molecular complexity index is 243. The molecule has 1 aliphatic carbocycles. The molecule has 1 rings (SSSR count). The first-order chi connectivity index (χ1) is 5.46. The summed E-state index contributed by atoms with van der Waals surface area (Å²) in [5.41, 5.74) is -0.0645. The standard InChI is InChI=1S/C9H13FOS/c1-9(2)4-6(11)8(10)7(5-9)12-3/h4-5H2,1-3H3. The molecule has 0 aromatic rings. The van der Waals surface area contributed by atoms with E-state index in [0.717, 1.165) is 0 Å². The van der Waals surface area contributed by atoms with Crippen LogP contribution < -0.4 is 0 Å². The van der Waals surface area contributed by atoms with E-state index in [-0.39, 0.29) is 11.2 Å². The van der Waals surface area contributed by atoms with Gasteiger partial charge in [0.15, 0.2) is 11.6 Å². The minimum atomic E-state index is -0.512. The third-order valence-electron chi connectivity index (χ3n) is 2.01. The van der Waals surface area contributed by atoms with Crippen LogP contribution in [0.15, 0.2) is 10.7 Å². The lowest BCUT2D eigenvalue weighted by Crippen LogP contribution is -2.23. The zero-order valence-corrected chi connectivity index (χ0v) is 8.43. The zero-order chi connectivity index (χ0) is 9.35. The molecule has 0 aliphatic heterocycles. The lowest BCUT2D eigenvalue weighted by atomic mass is 9.80. The summed E-state index contributed by atoms with van der Waals surface area (Å²) in [5.74, 6) is -0.850. The summed E-state index contributed by atoms with van der Waals surface area (Å²) < 4.78 is 13.1. The number of allylic oxidation sites excluding steroid dienone is 2. The molecule has 0 saturated carbocycles. The molecule has 0 bridgehead atoms. The van der Waals surface area contributed by atoms with E-state index in [1.165, 1.54) is 11.8 Å². The summed E-state index contributed by atoms with van der Waals surface area (Å²) in [4.78, 5) is 11.7. The van der Waals surface area contributed by atoms with E-state index in [1.54, 1.807) is 0 Å².